The summed E-state index contributed by atoms with van der Waals surface area (Å²) in [6, 6.07) is 5.37. The highest BCUT2D eigenvalue weighted by Gasteiger charge is 2.29. The van der Waals surface area contributed by atoms with E-state index in [4.69, 9.17) is 0 Å². The molecule has 0 aliphatic rings. The number of alkyl halides is 3. The normalized spacial score (nSPS) is 12.4. The molecule has 1 aromatic rings. The van der Waals surface area contributed by atoms with E-state index in [9.17, 15) is 13.2 Å². The van der Waals surface area contributed by atoms with Crippen molar-refractivity contribution in [3.8, 4) is 0 Å². The van der Waals surface area contributed by atoms with Crippen molar-refractivity contribution in [2.24, 2.45) is 0 Å². The Balaban J connectivity index is 2.49. The van der Waals surface area contributed by atoms with Gasteiger partial charge < -0.3 is 9.80 Å². The van der Waals surface area contributed by atoms with Crippen LogP contribution < -0.4 is 0 Å². The molecule has 0 radical (unpaired) electrons. The second-order valence-corrected chi connectivity index (χ2v) is 4.83. The van der Waals surface area contributed by atoms with Gasteiger partial charge in [-0.05, 0) is 38.3 Å². The largest absolute Gasteiger partial charge is 0.416 e. The zero-order valence-corrected chi connectivity index (χ0v) is 11.7. The number of likely N-dealkylation sites (N-methyl/N-ethyl adjacent to an activating group) is 2. The first-order valence-electron chi connectivity index (χ1n) is 6.36. The van der Waals surface area contributed by atoms with E-state index in [2.05, 4.69) is 16.7 Å². The minimum absolute atomic E-state index is 0.593. The summed E-state index contributed by atoms with van der Waals surface area (Å²) < 4.78 is 37.2. The molecular weight excluding hydrogens is 253 g/mol. The lowest BCUT2D eigenvalue weighted by molar-refractivity contribution is -0.137. The molecule has 0 saturated heterocycles. The van der Waals surface area contributed by atoms with Crippen molar-refractivity contribution in [1.29, 1.82) is 0 Å². The second kappa shape index (κ2) is 6.91. The van der Waals surface area contributed by atoms with Gasteiger partial charge in [-0.3, -0.25) is 0 Å². The Labute approximate surface area is 112 Å². The van der Waals surface area contributed by atoms with E-state index in [0.717, 1.165) is 37.3 Å². The molecule has 1 rings (SSSR count). The molecule has 0 heterocycles. The molecule has 0 aliphatic carbocycles. The second-order valence-electron chi connectivity index (χ2n) is 4.83. The van der Waals surface area contributed by atoms with Crippen LogP contribution in [0.5, 0.6) is 0 Å². The smallest absolute Gasteiger partial charge is 0.305 e. The fourth-order valence-electron chi connectivity index (χ4n) is 1.69. The first kappa shape index (κ1) is 16.0. The third kappa shape index (κ3) is 5.61. The van der Waals surface area contributed by atoms with Gasteiger partial charge in [-0.25, -0.2) is 0 Å². The molecule has 5 heteroatoms. The fraction of sp³-hybridized carbons (Fsp3) is 0.571. The Hall–Kier alpha value is -1.07. The molecule has 0 atom stereocenters. The van der Waals surface area contributed by atoms with Crippen molar-refractivity contribution >= 4 is 0 Å². The van der Waals surface area contributed by atoms with Gasteiger partial charge >= 0.3 is 6.18 Å². The van der Waals surface area contributed by atoms with E-state index in [0.29, 0.717) is 6.54 Å². The quantitative estimate of drug-likeness (QED) is 0.786. The third-order valence-corrected chi connectivity index (χ3v) is 3.14. The first-order valence-corrected chi connectivity index (χ1v) is 6.36. The molecule has 0 N–H and O–H groups in total. The van der Waals surface area contributed by atoms with Gasteiger partial charge in [0.1, 0.15) is 0 Å². The molecule has 0 spiro atoms. The lowest BCUT2D eigenvalue weighted by Crippen LogP contribution is -2.30. The molecule has 0 saturated carbocycles. The monoisotopic (exact) mass is 274 g/mol. The summed E-state index contributed by atoms with van der Waals surface area (Å²) in [6.07, 6.45) is -4.26. The van der Waals surface area contributed by atoms with Crippen LogP contribution in [-0.4, -0.2) is 43.5 Å². The van der Waals surface area contributed by atoms with Crippen LogP contribution in [0, 0.1) is 0 Å². The summed E-state index contributed by atoms with van der Waals surface area (Å²) in [4.78, 5) is 4.30. The maximum absolute atomic E-state index is 12.4. The van der Waals surface area contributed by atoms with Crippen molar-refractivity contribution in [1.82, 2.24) is 9.80 Å². The Morgan fingerprint density at radius 2 is 1.47 bits per heavy atom. The summed E-state index contributed by atoms with van der Waals surface area (Å²) in [7, 11) is 4.02. The number of benzene rings is 1. The number of nitrogens with zero attached hydrogens (tertiary/aromatic N) is 2. The van der Waals surface area contributed by atoms with Gasteiger partial charge in [-0.1, -0.05) is 19.1 Å². The molecule has 0 aromatic heterocycles. The molecule has 1 aromatic carbocycles. The Morgan fingerprint density at radius 1 is 0.947 bits per heavy atom. The standard InChI is InChI=1S/C14H21F3N2/c1-4-18(2)9-10-19(3)11-12-5-7-13(8-6-12)14(15,16)17/h5-8H,4,9-11H2,1-3H3. The predicted molar refractivity (Wildman–Crippen MR) is 70.9 cm³/mol. The highest BCUT2D eigenvalue weighted by atomic mass is 19.4. The Bertz CT molecular complexity index is 373. The Morgan fingerprint density at radius 3 is 1.95 bits per heavy atom. The molecule has 2 nitrogen and oxygen atoms in total. The van der Waals surface area contributed by atoms with Crippen molar-refractivity contribution in [3.05, 3.63) is 35.4 Å². The van der Waals surface area contributed by atoms with Crippen LogP contribution in [0.3, 0.4) is 0 Å². The van der Waals surface area contributed by atoms with Crippen LogP contribution in [0.4, 0.5) is 13.2 Å². The number of rotatable bonds is 6. The van der Waals surface area contributed by atoms with Crippen LogP contribution in [-0.2, 0) is 12.7 Å². The summed E-state index contributed by atoms with van der Waals surface area (Å²) in [5.41, 5.74) is 0.305. The van der Waals surface area contributed by atoms with E-state index in [1.54, 1.807) is 12.1 Å². The number of hydrogen-bond donors (Lipinski definition) is 0. The van der Waals surface area contributed by atoms with Crippen molar-refractivity contribution in [3.63, 3.8) is 0 Å². The van der Waals surface area contributed by atoms with E-state index < -0.39 is 11.7 Å². The molecule has 0 unspecified atom stereocenters. The first-order chi connectivity index (χ1) is 8.82. The maximum Gasteiger partial charge on any atom is 0.416 e. The lowest BCUT2D eigenvalue weighted by atomic mass is 10.1. The Kier molecular flexibility index (Phi) is 5.82. The summed E-state index contributed by atoms with van der Waals surface area (Å²) >= 11 is 0. The lowest BCUT2D eigenvalue weighted by Gasteiger charge is -2.21. The van der Waals surface area contributed by atoms with Crippen LogP contribution in [0.2, 0.25) is 0 Å². The summed E-state index contributed by atoms with van der Waals surface area (Å²) in [5, 5.41) is 0. The van der Waals surface area contributed by atoms with Gasteiger partial charge in [0.2, 0.25) is 0 Å². The molecule has 0 amide bonds. The minimum Gasteiger partial charge on any atom is -0.305 e. The van der Waals surface area contributed by atoms with Crippen LogP contribution in [0.1, 0.15) is 18.1 Å². The molecule has 0 fully saturated rings. The van der Waals surface area contributed by atoms with Crippen LogP contribution in [0.25, 0.3) is 0 Å². The van der Waals surface area contributed by atoms with Gasteiger partial charge in [0.25, 0.3) is 0 Å². The van der Waals surface area contributed by atoms with Crippen molar-refractivity contribution in [2.45, 2.75) is 19.6 Å². The predicted octanol–water partition coefficient (Wildman–Crippen LogP) is 3.09. The van der Waals surface area contributed by atoms with Gasteiger partial charge in [-0.15, -0.1) is 0 Å². The van der Waals surface area contributed by atoms with E-state index in [1.807, 2.05) is 14.1 Å². The van der Waals surface area contributed by atoms with Crippen molar-refractivity contribution in [2.75, 3.05) is 33.7 Å². The van der Waals surface area contributed by atoms with Gasteiger partial charge in [0.05, 0.1) is 5.56 Å². The van der Waals surface area contributed by atoms with Crippen LogP contribution in [0.15, 0.2) is 24.3 Å². The van der Waals surface area contributed by atoms with Crippen LogP contribution >= 0.6 is 0 Å². The fourth-order valence-corrected chi connectivity index (χ4v) is 1.69. The zero-order valence-electron chi connectivity index (χ0n) is 11.7. The van der Waals surface area contributed by atoms with E-state index >= 15 is 0 Å². The summed E-state index contributed by atoms with van der Waals surface area (Å²) in [6.45, 7) is 5.60. The van der Waals surface area contributed by atoms with Gasteiger partial charge in [0, 0.05) is 19.6 Å². The number of hydrogen-bond acceptors (Lipinski definition) is 2. The van der Waals surface area contributed by atoms with E-state index in [1.165, 1.54) is 0 Å². The molecule has 108 valence electrons. The highest BCUT2D eigenvalue weighted by molar-refractivity contribution is 5.24. The maximum atomic E-state index is 12.4. The van der Waals surface area contributed by atoms with E-state index in [-0.39, 0.29) is 0 Å². The molecule has 0 aliphatic heterocycles. The average Bonchev–Trinajstić information content (AvgIpc) is 2.35. The highest BCUT2D eigenvalue weighted by Crippen LogP contribution is 2.29. The number of halogens is 3. The van der Waals surface area contributed by atoms with Gasteiger partial charge in [0.15, 0.2) is 0 Å². The average molecular weight is 274 g/mol. The van der Waals surface area contributed by atoms with Gasteiger partial charge in [-0.2, -0.15) is 13.2 Å². The minimum atomic E-state index is -4.26. The zero-order chi connectivity index (χ0) is 14.5. The summed E-state index contributed by atoms with van der Waals surface area (Å²) in [5.74, 6) is 0. The molecule has 0 bridgehead atoms. The molecular formula is C14H21F3N2. The SMILES string of the molecule is CCN(C)CCN(C)Cc1ccc(C(F)(F)F)cc1. The van der Waals surface area contributed by atoms with Crippen molar-refractivity contribution < 1.29 is 13.2 Å². The molecule has 19 heavy (non-hydrogen) atoms. The topological polar surface area (TPSA) is 6.48 Å². The third-order valence-electron chi connectivity index (χ3n) is 3.14.